The highest BCUT2D eigenvalue weighted by molar-refractivity contribution is 6.35. The van der Waals surface area contributed by atoms with E-state index in [1.54, 1.807) is 34.0 Å². The van der Waals surface area contributed by atoms with Crippen molar-refractivity contribution in [2.24, 2.45) is 0 Å². The Kier molecular flexibility index (Phi) is 30.9. The number of benzene rings is 3. The number of esters is 3. The average Bonchev–Trinajstić information content (AvgIpc) is 1.95. The number of piperazine rings is 1. The van der Waals surface area contributed by atoms with Crippen LogP contribution in [0.1, 0.15) is 174 Å². The van der Waals surface area contributed by atoms with Crippen molar-refractivity contribution >= 4 is 58.5 Å². The molecule has 20 nitrogen and oxygen atoms in total. The van der Waals surface area contributed by atoms with Gasteiger partial charge in [-0.05, 0) is 86.8 Å². The number of carbonyl (C=O) groups excluding carboxylic acids is 3. The van der Waals surface area contributed by atoms with E-state index in [1.165, 1.54) is 88.1 Å². The average molecular weight is 1260 g/mol. The highest BCUT2D eigenvalue weighted by Crippen LogP contribution is 2.41. The number of carboxylic acids is 1. The molecule has 2 fully saturated rings. The summed E-state index contributed by atoms with van der Waals surface area (Å²) in [5, 5.41) is 18.2. The summed E-state index contributed by atoms with van der Waals surface area (Å²) in [5.41, 5.74) is 3.64. The summed E-state index contributed by atoms with van der Waals surface area (Å²) in [6, 6.07) is 21.6. The van der Waals surface area contributed by atoms with Crippen LogP contribution in [0.2, 0.25) is 10.0 Å². The van der Waals surface area contributed by atoms with Gasteiger partial charge in [0.15, 0.2) is 6.10 Å². The normalized spacial score (nSPS) is 16.1. The molecule has 3 unspecified atom stereocenters. The number of carbonyl (C=O) groups is 4. The second kappa shape index (κ2) is 38.6. The lowest BCUT2D eigenvalue weighted by Gasteiger charge is -2.37. The maximum atomic E-state index is 12.8. The number of halogens is 2. The molecular weight excluding hydrogens is 1170 g/mol. The number of hydrogen-bond acceptors (Lipinski definition) is 16. The van der Waals surface area contributed by atoms with Crippen molar-refractivity contribution in [2.45, 2.75) is 193 Å². The van der Waals surface area contributed by atoms with Gasteiger partial charge in [0.25, 0.3) is 0 Å². The third-order valence-corrected chi connectivity index (χ3v) is 16.2. The fraction of sp³-hybridized carbons (Fsp3) is 0.576. The minimum atomic E-state index is -1.29. The molecule has 2 aromatic heterocycles. The lowest BCUT2D eigenvalue weighted by molar-refractivity contribution is -0.190. The first kappa shape index (κ1) is 70.3. The molecule has 0 spiro atoms. The fourth-order valence-corrected chi connectivity index (χ4v) is 10.9. The van der Waals surface area contributed by atoms with Crippen molar-refractivity contribution in [1.29, 1.82) is 0 Å². The molecule has 2 aliphatic rings. The van der Waals surface area contributed by atoms with Crippen LogP contribution < -0.4 is 20.2 Å². The van der Waals surface area contributed by atoms with Crippen LogP contribution in [0.25, 0.3) is 5.69 Å². The monoisotopic (exact) mass is 1260 g/mol. The zero-order valence-electron chi connectivity index (χ0n) is 52.0. The molecule has 22 heteroatoms. The number of aromatic nitrogens is 6. The molecule has 3 atom stereocenters. The van der Waals surface area contributed by atoms with Gasteiger partial charge in [-0.3, -0.25) is 9.59 Å². The predicted molar refractivity (Wildman–Crippen MR) is 340 cm³/mol. The second-order valence-electron chi connectivity index (χ2n) is 22.6. The Balaban J connectivity index is 0.000000290. The first-order chi connectivity index (χ1) is 42.7. The van der Waals surface area contributed by atoms with Crippen molar-refractivity contribution in [3.05, 3.63) is 124 Å². The Labute approximate surface area is 528 Å². The smallest absolute Gasteiger partial charge is 0.350 e. The number of nitrogens with zero attached hydrogens (tertiary/aromatic N) is 8. The maximum Gasteiger partial charge on any atom is 0.350 e. The van der Waals surface area contributed by atoms with Crippen molar-refractivity contribution < 1.29 is 52.7 Å². The number of carboxylic acid groups (broad SMARTS) is 1. The van der Waals surface area contributed by atoms with E-state index in [9.17, 15) is 24.0 Å². The first-order valence-electron chi connectivity index (χ1n) is 31.7. The summed E-state index contributed by atoms with van der Waals surface area (Å²) in [7, 11) is 0. The highest BCUT2D eigenvalue weighted by Gasteiger charge is 2.46. The van der Waals surface area contributed by atoms with Crippen LogP contribution in [0.5, 0.6) is 5.75 Å². The van der Waals surface area contributed by atoms with Gasteiger partial charge in [-0.1, -0.05) is 153 Å². The van der Waals surface area contributed by atoms with Crippen LogP contribution >= 0.6 is 23.2 Å². The molecule has 2 aliphatic heterocycles. The molecule has 0 aliphatic carbocycles. The molecule has 0 saturated carbocycles. The van der Waals surface area contributed by atoms with Crippen LogP contribution in [0.15, 0.2) is 103 Å². The molecule has 5 aromatic rings. The fourth-order valence-electron chi connectivity index (χ4n) is 10.4. The maximum absolute atomic E-state index is 12.8. The number of hydrogen-bond donors (Lipinski definition) is 1. The Bertz CT molecular complexity index is 2890. The van der Waals surface area contributed by atoms with E-state index in [4.69, 9.17) is 56.7 Å². The van der Waals surface area contributed by atoms with Crippen molar-refractivity contribution in [1.82, 2.24) is 29.1 Å². The molecular formula is C66H92Cl2N8O12. The second-order valence-corrected chi connectivity index (χ2v) is 23.4. The van der Waals surface area contributed by atoms with Gasteiger partial charge in [0.2, 0.25) is 5.79 Å². The van der Waals surface area contributed by atoms with E-state index in [1.807, 2.05) is 44.2 Å². The number of unbranched alkanes of at least 4 members (excludes halogenated alkanes) is 16. The predicted octanol–water partition coefficient (Wildman–Crippen LogP) is 13.0. The first-order valence-corrected chi connectivity index (χ1v) is 32.5. The molecule has 3 aromatic carbocycles. The molecule has 0 amide bonds. The Morgan fingerprint density at radius 2 is 1.23 bits per heavy atom. The Hall–Kier alpha value is -6.74. The summed E-state index contributed by atoms with van der Waals surface area (Å²) >= 11 is 12.7. The van der Waals surface area contributed by atoms with E-state index >= 15 is 0 Å². The van der Waals surface area contributed by atoms with E-state index < -0.39 is 35.8 Å². The molecule has 4 heterocycles. The minimum Gasteiger partial charge on any atom is -0.491 e. The van der Waals surface area contributed by atoms with Gasteiger partial charge in [-0.15, -0.1) is 0 Å². The lowest BCUT2D eigenvalue weighted by Crippen LogP contribution is -2.46. The topological polar surface area (TPSA) is 221 Å². The molecule has 482 valence electrons. The molecule has 1 N–H and O–H groups in total. The van der Waals surface area contributed by atoms with E-state index in [0.717, 1.165) is 100 Å². The summed E-state index contributed by atoms with van der Waals surface area (Å²) < 4.78 is 39.3. The van der Waals surface area contributed by atoms with Gasteiger partial charge in [-0.2, -0.15) is 10.2 Å². The Morgan fingerprint density at radius 1 is 0.693 bits per heavy atom. The summed E-state index contributed by atoms with van der Waals surface area (Å²) in [6.45, 7) is 12.4. The zero-order valence-corrected chi connectivity index (χ0v) is 53.5. The number of aliphatic carboxylic acids is 1. The van der Waals surface area contributed by atoms with Gasteiger partial charge in [0.1, 0.15) is 57.2 Å². The quantitative estimate of drug-likeness (QED) is 0.0168. The summed E-state index contributed by atoms with van der Waals surface area (Å²) in [5.74, 6) is -3.41. The van der Waals surface area contributed by atoms with E-state index in [2.05, 4.69) is 63.1 Å². The lowest BCUT2D eigenvalue weighted by atomic mass is 10.1. The van der Waals surface area contributed by atoms with Gasteiger partial charge in [0.05, 0.1) is 23.4 Å². The largest absolute Gasteiger partial charge is 0.491 e. The van der Waals surface area contributed by atoms with Crippen LogP contribution in [-0.2, 0) is 55.2 Å². The van der Waals surface area contributed by atoms with Crippen molar-refractivity contribution in [3.63, 3.8) is 0 Å². The third kappa shape index (κ3) is 24.0. The third-order valence-electron chi connectivity index (χ3n) is 15.6. The molecule has 7 rings (SSSR count). The molecule has 0 radical (unpaired) electrons. The van der Waals surface area contributed by atoms with Gasteiger partial charge >= 0.3 is 29.6 Å². The summed E-state index contributed by atoms with van der Waals surface area (Å²) in [4.78, 5) is 68.4. The number of anilines is 2. The summed E-state index contributed by atoms with van der Waals surface area (Å²) in [6.07, 6.45) is 26.7. The van der Waals surface area contributed by atoms with Gasteiger partial charge in [0, 0.05) is 73.1 Å². The van der Waals surface area contributed by atoms with Crippen LogP contribution in [0.3, 0.4) is 0 Å². The molecule has 0 bridgehead atoms. The van der Waals surface area contributed by atoms with E-state index in [0.29, 0.717) is 34.9 Å². The minimum absolute atomic E-state index is 0.0645. The standard InChI is InChI=1S/C35H38Cl2N8O4.C31H54O8/c1-3-25(2)45-34(46)44(24-40-45)29-7-5-27(6-8-29)41-14-16-42(17-15-41)28-9-11-30(12-10-28)47-19-31-20-48-35(49-31,21-43-23-38-22-39-43)32-13-4-26(36)18-33(32)37;1-3-5-7-9-11-13-15-17-19-21-29(34)37-25-27(39-31(36)24-23-28(32)33)26-38-30(35)22-20-18-16-14-12-10-8-6-4-2/h4-13,18,22-25,31H,3,14-17,19-21H2,1-2H3;23-24,27H,3-22,25-26H2,1-2H3,(H,32,33)/b;24-23+. The Morgan fingerprint density at radius 3 is 1.74 bits per heavy atom. The molecule has 88 heavy (non-hydrogen) atoms. The van der Waals surface area contributed by atoms with Crippen molar-refractivity contribution in [3.8, 4) is 11.4 Å². The SMILES string of the molecule is CCC(C)n1ncn(-c2ccc(N3CCN(c4ccc(OCC5COC(Cn6cncn6)(c6ccc(Cl)cc6Cl)O5)cc4)CC3)cc2)c1=O.CCCCCCCCCCCC(=O)OCC(COC(=O)CCCCCCCCCCC)OC(=O)/C=C/C(=O)O. The highest BCUT2D eigenvalue weighted by atomic mass is 35.5. The van der Waals surface area contributed by atoms with Gasteiger partial charge in [-0.25, -0.2) is 33.3 Å². The van der Waals surface area contributed by atoms with Crippen LogP contribution in [0.4, 0.5) is 11.4 Å². The zero-order chi connectivity index (χ0) is 62.9. The van der Waals surface area contributed by atoms with Gasteiger partial charge < -0.3 is 43.3 Å². The van der Waals surface area contributed by atoms with E-state index in [-0.39, 0.29) is 50.4 Å². The van der Waals surface area contributed by atoms with Crippen LogP contribution in [-0.4, -0.2) is 123 Å². The molecule has 2 saturated heterocycles. The number of rotatable bonds is 38. The number of ether oxygens (including phenoxy) is 6. The van der Waals surface area contributed by atoms with Crippen LogP contribution in [0, 0.1) is 0 Å². The van der Waals surface area contributed by atoms with Crippen molar-refractivity contribution in [2.75, 3.05) is 62.4 Å².